The lowest BCUT2D eigenvalue weighted by Crippen LogP contribution is -2.73. The summed E-state index contributed by atoms with van der Waals surface area (Å²) in [6.07, 6.45) is 24.6. The van der Waals surface area contributed by atoms with Gasteiger partial charge in [-0.2, -0.15) is 0 Å². The highest BCUT2D eigenvalue weighted by atomic mass is 28.4. The maximum absolute atomic E-state index is 8.69. The third-order valence-electron chi connectivity index (χ3n) is 9.46. The van der Waals surface area contributed by atoms with Gasteiger partial charge < -0.3 is 32.6 Å². The zero-order chi connectivity index (χ0) is 37.1. The summed E-state index contributed by atoms with van der Waals surface area (Å²) in [6.45, 7) is 33.1. The minimum Gasteiger partial charge on any atom is -0.861 e. The molecule has 0 saturated heterocycles. The molecule has 0 rings (SSSR count). The quantitative estimate of drug-likeness (QED) is 0.0742. The molecule has 0 unspecified atom stereocenters. The maximum atomic E-state index is 8.69. The lowest BCUT2D eigenvalue weighted by atomic mass is 10.2. The summed E-state index contributed by atoms with van der Waals surface area (Å²) in [5, 5.41) is 0. The molecule has 0 spiro atoms. The second-order valence-corrected chi connectivity index (χ2v) is 16.1. The van der Waals surface area contributed by atoms with Crippen molar-refractivity contribution in [3.05, 3.63) is 0 Å². The fraction of sp³-hybridized carbons (Fsp3) is 1.00. The average molecular weight is 694 g/mol. The molecule has 0 fully saturated rings. The molecule has 8 heteroatoms. The third kappa shape index (κ3) is 43.9. The monoisotopic (exact) mass is 694 g/mol. The topological polar surface area (TPSA) is 89.4 Å². The Labute approximate surface area is 299 Å². The Morgan fingerprint density at radius 1 is 0.319 bits per heavy atom. The summed E-state index contributed by atoms with van der Waals surface area (Å²) in [5.41, 5.74) is 0. The van der Waals surface area contributed by atoms with Gasteiger partial charge >= 0.3 is 0 Å². The Morgan fingerprint density at radius 2 is 0.404 bits per heavy atom. The Bertz CT molecular complexity index is 463. The van der Waals surface area contributed by atoms with E-state index in [1.807, 2.05) is 0 Å². The van der Waals surface area contributed by atoms with Crippen molar-refractivity contribution < 1.29 is 32.6 Å². The van der Waals surface area contributed by atoms with E-state index in [4.69, 9.17) is 19.2 Å². The van der Waals surface area contributed by atoms with Crippen LogP contribution in [-0.2, 0) is 0 Å². The highest BCUT2D eigenvalue weighted by Gasteiger charge is 2.20. The Balaban J connectivity index is -0.000000275. The van der Waals surface area contributed by atoms with Crippen molar-refractivity contribution in [2.24, 2.45) is 0 Å². The van der Waals surface area contributed by atoms with E-state index in [0.717, 1.165) is 0 Å². The molecule has 47 heavy (non-hydrogen) atoms. The van der Waals surface area contributed by atoms with E-state index in [-0.39, 0.29) is 0 Å². The van der Waals surface area contributed by atoms with E-state index in [9.17, 15) is 0 Å². The summed E-state index contributed by atoms with van der Waals surface area (Å²) in [4.78, 5) is 33.1. The molecule has 0 heterocycles. The van der Waals surface area contributed by atoms with Gasteiger partial charge in [0.25, 0.3) is 0 Å². The molecule has 0 aliphatic carbocycles. The molecule has 0 amide bonds. The average Bonchev–Trinajstić information content (AvgIpc) is 3.03. The Morgan fingerprint density at radius 3 is 0.468 bits per heavy atom. The van der Waals surface area contributed by atoms with E-state index in [1.54, 1.807) is 0 Å². The van der Waals surface area contributed by atoms with Crippen LogP contribution in [0.25, 0.3) is 0 Å². The van der Waals surface area contributed by atoms with Crippen LogP contribution in [0.2, 0.25) is 0 Å². The summed E-state index contributed by atoms with van der Waals surface area (Å²) in [5.74, 6) is 0. The number of unbranched alkanes of at least 4 members (excludes halogenated alkanes) is 9. The van der Waals surface area contributed by atoms with Crippen molar-refractivity contribution in [1.29, 1.82) is 0 Å². The molecule has 0 atom stereocenters. The zero-order valence-electron chi connectivity index (χ0n) is 34.6. The number of nitrogens with zero attached hydrogens (tertiary/aromatic N) is 3. The lowest BCUT2D eigenvalue weighted by molar-refractivity contribution is -0.910. The first-order valence-corrected chi connectivity index (χ1v) is 22.1. The van der Waals surface area contributed by atoms with Gasteiger partial charge in [-0.1, -0.05) is 120 Å². The van der Waals surface area contributed by atoms with Gasteiger partial charge in [0.15, 0.2) is 0 Å². The molecular formula is C39H91N3O4Si. The van der Waals surface area contributed by atoms with E-state index in [1.165, 1.54) is 188 Å². The first-order chi connectivity index (χ1) is 22.0. The van der Waals surface area contributed by atoms with Crippen LogP contribution in [0.5, 0.6) is 0 Å². The van der Waals surface area contributed by atoms with Crippen molar-refractivity contribution >= 4 is 9.05 Å². The molecule has 0 aromatic heterocycles. The normalized spacial score (nSPS) is 12.0. The van der Waals surface area contributed by atoms with Crippen molar-refractivity contribution in [2.75, 3.05) is 80.0 Å². The molecule has 0 aliphatic heterocycles. The molecule has 290 valence electrons. The van der Waals surface area contributed by atoms with Crippen LogP contribution >= 0.6 is 0 Å². The van der Waals surface area contributed by atoms with Crippen molar-refractivity contribution in [3.8, 4) is 0 Å². The first kappa shape index (κ1) is 53.7. The van der Waals surface area contributed by atoms with Crippen molar-refractivity contribution in [2.45, 2.75) is 178 Å². The zero-order valence-corrected chi connectivity index (χ0v) is 35.6. The van der Waals surface area contributed by atoms with Crippen LogP contribution in [0.1, 0.15) is 178 Å². The molecule has 0 bridgehead atoms. The second kappa shape index (κ2) is 35.8. The van der Waals surface area contributed by atoms with Gasteiger partial charge in [-0.15, -0.1) is 9.05 Å². The molecule has 0 saturated carbocycles. The van der Waals surface area contributed by atoms with Gasteiger partial charge in [0, 0.05) is 0 Å². The van der Waals surface area contributed by atoms with E-state index in [0.29, 0.717) is 0 Å². The number of quaternary nitrogens is 3. The summed E-state index contributed by atoms with van der Waals surface area (Å²) in [7, 11) is 1.98. The fourth-order valence-corrected chi connectivity index (χ4v) is 5.86. The number of hydrogen-bond donors (Lipinski definition) is 1. The minimum atomic E-state index is -5.36. The van der Waals surface area contributed by atoms with Crippen LogP contribution in [-0.4, -0.2) is 107 Å². The largest absolute Gasteiger partial charge is 0.861 e. The van der Waals surface area contributed by atoms with Crippen LogP contribution in [0, 0.1) is 0 Å². The maximum Gasteiger partial charge on any atom is 0.0784 e. The van der Waals surface area contributed by atoms with E-state index >= 15 is 0 Å². The van der Waals surface area contributed by atoms with Crippen molar-refractivity contribution in [1.82, 2.24) is 0 Å². The van der Waals surface area contributed by atoms with Gasteiger partial charge in [0.05, 0.1) is 80.0 Å². The Kier molecular flexibility index (Phi) is 40.9. The molecule has 0 aromatic rings. The molecule has 7 nitrogen and oxygen atoms in total. The Hall–Kier alpha value is -0.0631. The van der Waals surface area contributed by atoms with Gasteiger partial charge in [-0.3, -0.25) is 0 Å². The van der Waals surface area contributed by atoms with E-state index < -0.39 is 9.05 Å². The summed E-state index contributed by atoms with van der Waals surface area (Å²) >= 11 is 0. The van der Waals surface area contributed by atoms with Crippen LogP contribution in [0.4, 0.5) is 0 Å². The molecular weight excluding hydrogens is 603 g/mol. The van der Waals surface area contributed by atoms with Gasteiger partial charge in [0.1, 0.15) is 0 Å². The van der Waals surface area contributed by atoms with Crippen LogP contribution in [0.15, 0.2) is 0 Å². The van der Waals surface area contributed by atoms with Gasteiger partial charge in [-0.25, -0.2) is 0 Å². The lowest BCUT2D eigenvalue weighted by Gasteiger charge is -2.48. The number of rotatable bonds is 27. The number of hydrogen-bond acceptors (Lipinski definition) is 4. The van der Waals surface area contributed by atoms with Crippen LogP contribution in [0.3, 0.4) is 0 Å². The smallest absolute Gasteiger partial charge is 0.0784 e. The van der Waals surface area contributed by atoms with Gasteiger partial charge in [-0.05, 0) is 57.8 Å². The first-order valence-electron chi connectivity index (χ1n) is 20.4. The highest BCUT2D eigenvalue weighted by molar-refractivity contribution is 6.40. The molecule has 1 N–H and O–H groups in total. The second-order valence-electron chi connectivity index (χ2n) is 15.1. The van der Waals surface area contributed by atoms with Crippen LogP contribution < -0.4 is 14.4 Å². The predicted octanol–water partition coefficient (Wildman–Crippen LogP) is 7.00. The van der Waals surface area contributed by atoms with Gasteiger partial charge in [0.2, 0.25) is 0 Å². The predicted molar refractivity (Wildman–Crippen MR) is 205 cm³/mol. The molecule has 0 radical (unpaired) electrons. The van der Waals surface area contributed by atoms with Crippen molar-refractivity contribution in [3.63, 3.8) is 0 Å². The molecule has 0 aliphatic rings. The minimum absolute atomic E-state index is 1.32. The fourth-order valence-electron chi connectivity index (χ4n) is 5.86. The standard InChI is InChI=1S/3C13H30N.HO4Si/c3*1-5-8-11-14(4,12-9-6-2)13-10-7-3;1-5(2,3)4/h3*5-13H2,1-4H3;1H/q3*+1;-3. The third-order valence-corrected chi connectivity index (χ3v) is 9.46. The summed E-state index contributed by atoms with van der Waals surface area (Å²) in [6, 6.07) is 0. The highest BCUT2D eigenvalue weighted by Crippen LogP contribution is 2.13. The van der Waals surface area contributed by atoms with E-state index in [2.05, 4.69) is 83.5 Å². The molecule has 0 aromatic carbocycles. The SMILES string of the molecule is CCCC[N+](C)(CCCC)CCCC.CCCC[N+](C)(CCCC)CCCC.CCCC[N+](C)(CCCC)CCCC.[O-][Si]([O-])([O-])O. The summed E-state index contributed by atoms with van der Waals surface area (Å²) < 4.78 is 3.94.